The van der Waals surface area contributed by atoms with Crippen molar-refractivity contribution < 1.29 is 9.47 Å². The average Bonchev–Trinajstić information content (AvgIpc) is 2.71. The van der Waals surface area contributed by atoms with Gasteiger partial charge in [-0.1, -0.05) is 54.6 Å². The number of guanidine groups is 1. The number of aliphatic imine (C=N–C) groups is 1. The molecule has 2 aromatic carbocycles. The zero-order valence-corrected chi connectivity index (χ0v) is 16.6. The molecule has 0 bridgehead atoms. The van der Waals surface area contributed by atoms with E-state index < -0.39 is 0 Å². The summed E-state index contributed by atoms with van der Waals surface area (Å²) in [6.45, 7) is 7.39. The number of benzene rings is 2. The molecule has 0 aromatic heterocycles. The lowest BCUT2D eigenvalue weighted by molar-refractivity contribution is 0.0453. The molecule has 0 saturated carbocycles. The SMILES string of the molecule is CCOCCOCc1cccc(CNC(=NC)NC(C)c2ccccc2)c1. The van der Waals surface area contributed by atoms with E-state index in [9.17, 15) is 0 Å². The lowest BCUT2D eigenvalue weighted by Gasteiger charge is -2.18. The standard InChI is InChI=1S/C22H31N3O2/c1-4-26-13-14-27-17-20-10-8-9-19(15-20)16-24-22(23-3)25-18(2)21-11-6-5-7-12-21/h5-12,15,18H,4,13-14,16-17H2,1-3H3,(H2,23,24,25). The highest BCUT2D eigenvalue weighted by molar-refractivity contribution is 5.80. The van der Waals surface area contributed by atoms with Gasteiger partial charge in [0, 0.05) is 20.2 Å². The Balaban J connectivity index is 1.81. The first-order valence-corrected chi connectivity index (χ1v) is 9.48. The smallest absolute Gasteiger partial charge is 0.191 e. The molecule has 2 N–H and O–H groups in total. The van der Waals surface area contributed by atoms with E-state index >= 15 is 0 Å². The first-order chi connectivity index (χ1) is 13.2. The zero-order chi connectivity index (χ0) is 19.3. The van der Waals surface area contributed by atoms with Gasteiger partial charge in [0.1, 0.15) is 0 Å². The lowest BCUT2D eigenvalue weighted by Crippen LogP contribution is -2.38. The van der Waals surface area contributed by atoms with Gasteiger partial charge in [-0.05, 0) is 30.5 Å². The molecule has 1 atom stereocenters. The van der Waals surface area contributed by atoms with Gasteiger partial charge in [0.05, 0.1) is 25.9 Å². The second-order valence-electron chi connectivity index (χ2n) is 6.27. The number of nitrogens with one attached hydrogen (secondary N) is 2. The summed E-state index contributed by atoms with van der Waals surface area (Å²) in [6, 6.07) is 18.9. The Morgan fingerprint density at radius 3 is 2.48 bits per heavy atom. The predicted molar refractivity (Wildman–Crippen MR) is 111 cm³/mol. The van der Waals surface area contributed by atoms with E-state index in [1.807, 2.05) is 25.1 Å². The van der Waals surface area contributed by atoms with Crippen LogP contribution < -0.4 is 10.6 Å². The van der Waals surface area contributed by atoms with Crippen molar-refractivity contribution in [3.63, 3.8) is 0 Å². The molecule has 146 valence electrons. The summed E-state index contributed by atoms with van der Waals surface area (Å²) < 4.78 is 10.9. The summed E-state index contributed by atoms with van der Waals surface area (Å²) in [6.07, 6.45) is 0. The Morgan fingerprint density at radius 2 is 1.74 bits per heavy atom. The van der Waals surface area contributed by atoms with Crippen LogP contribution >= 0.6 is 0 Å². The second kappa shape index (κ2) is 12.1. The molecule has 0 saturated heterocycles. The highest BCUT2D eigenvalue weighted by atomic mass is 16.5. The van der Waals surface area contributed by atoms with E-state index in [1.165, 1.54) is 11.1 Å². The topological polar surface area (TPSA) is 54.9 Å². The molecule has 0 aliphatic carbocycles. The van der Waals surface area contributed by atoms with Crippen LogP contribution in [0.25, 0.3) is 0 Å². The Labute approximate surface area is 162 Å². The summed E-state index contributed by atoms with van der Waals surface area (Å²) in [4.78, 5) is 4.32. The van der Waals surface area contributed by atoms with Gasteiger partial charge in [-0.25, -0.2) is 0 Å². The van der Waals surface area contributed by atoms with Gasteiger partial charge < -0.3 is 20.1 Å². The third kappa shape index (κ3) is 7.81. The van der Waals surface area contributed by atoms with Crippen molar-refractivity contribution in [3.05, 3.63) is 71.3 Å². The minimum absolute atomic E-state index is 0.183. The largest absolute Gasteiger partial charge is 0.379 e. The first-order valence-electron chi connectivity index (χ1n) is 9.48. The zero-order valence-electron chi connectivity index (χ0n) is 16.6. The van der Waals surface area contributed by atoms with Crippen LogP contribution in [0.15, 0.2) is 59.6 Å². The Kier molecular flexibility index (Phi) is 9.38. The molecule has 0 amide bonds. The molecule has 0 radical (unpaired) electrons. The van der Waals surface area contributed by atoms with Crippen LogP contribution in [-0.2, 0) is 22.6 Å². The fraction of sp³-hybridized carbons (Fsp3) is 0.409. The fourth-order valence-electron chi connectivity index (χ4n) is 2.69. The van der Waals surface area contributed by atoms with Crippen LogP contribution in [0.3, 0.4) is 0 Å². The number of ether oxygens (including phenoxy) is 2. The molecule has 2 rings (SSSR count). The van der Waals surface area contributed by atoms with Crippen molar-refractivity contribution in [2.75, 3.05) is 26.9 Å². The highest BCUT2D eigenvalue weighted by Gasteiger charge is 2.07. The van der Waals surface area contributed by atoms with Gasteiger partial charge >= 0.3 is 0 Å². The summed E-state index contributed by atoms with van der Waals surface area (Å²) in [5.74, 6) is 0.782. The predicted octanol–water partition coefficient (Wildman–Crippen LogP) is 3.67. The molecule has 2 aromatic rings. The van der Waals surface area contributed by atoms with Gasteiger partial charge in [0.25, 0.3) is 0 Å². The molecule has 5 nitrogen and oxygen atoms in total. The maximum absolute atomic E-state index is 5.64. The number of hydrogen-bond acceptors (Lipinski definition) is 3. The molecule has 0 aliphatic rings. The normalized spacial score (nSPS) is 12.6. The molecule has 0 aliphatic heterocycles. The average molecular weight is 370 g/mol. The van der Waals surface area contributed by atoms with Gasteiger partial charge in [-0.15, -0.1) is 0 Å². The molecule has 0 spiro atoms. The maximum atomic E-state index is 5.64. The quantitative estimate of drug-likeness (QED) is 0.381. The second-order valence-corrected chi connectivity index (χ2v) is 6.27. The summed E-state index contributed by atoms with van der Waals surface area (Å²) in [5.41, 5.74) is 3.58. The number of hydrogen-bond donors (Lipinski definition) is 2. The van der Waals surface area contributed by atoms with E-state index in [0.717, 1.165) is 18.1 Å². The number of rotatable bonds is 10. The molecule has 0 fully saturated rings. The van der Waals surface area contributed by atoms with Crippen LogP contribution in [0.4, 0.5) is 0 Å². The highest BCUT2D eigenvalue weighted by Crippen LogP contribution is 2.11. The minimum Gasteiger partial charge on any atom is -0.379 e. The number of nitrogens with zero attached hydrogens (tertiary/aromatic N) is 1. The van der Waals surface area contributed by atoms with Crippen LogP contribution in [0.5, 0.6) is 0 Å². The van der Waals surface area contributed by atoms with Crippen LogP contribution in [-0.4, -0.2) is 32.8 Å². The van der Waals surface area contributed by atoms with E-state index in [2.05, 4.69) is 58.9 Å². The van der Waals surface area contributed by atoms with Crippen molar-refractivity contribution in [3.8, 4) is 0 Å². The van der Waals surface area contributed by atoms with Crippen molar-refractivity contribution >= 4 is 5.96 Å². The van der Waals surface area contributed by atoms with E-state index in [1.54, 1.807) is 7.05 Å². The molecular weight excluding hydrogens is 338 g/mol. The van der Waals surface area contributed by atoms with E-state index in [-0.39, 0.29) is 6.04 Å². The van der Waals surface area contributed by atoms with Crippen molar-refractivity contribution in [1.29, 1.82) is 0 Å². The first kappa shape index (κ1) is 20.9. The maximum Gasteiger partial charge on any atom is 0.191 e. The van der Waals surface area contributed by atoms with Crippen molar-refractivity contribution in [1.82, 2.24) is 10.6 Å². The van der Waals surface area contributed by atoms with Gasteiger partial charge in [-0.3, -0.25) is 4.99 Å². The van der Waals surface area contributed by atoms with Crippen molar-refractivity contribution in [2.24, 2.45) is 4.99 Å². The Morgan fingerprint density at radius 1 is 1.00 bits per heavy atom. The lowest BCUT2D eigenvalue weighted by atomic mass is 10.1. The molecular formula is C22H31N3O2. The van der Waals surface area contributed by atoms with E-state index in [4.69, 9.17) is 9.47 Å². The van der Waals surface area contributed by atoms with Crippen LogP contribution in [0, 0.1) is 0 Å². The minimum atomic E-state index is 0.183. The van der Waals surface area contributed by atoms with Gasteiger partial charge in [0.15, 0.2) is 5.96 Å². The molecule has 1 unspecified atom stereocenters. The van der Waals surface area contributed by atoms with Crippen LogP contribution in [0.1, 0.15) is 36.6 Å². The fourth-order valence-corrected chi connectivity index (χ4v) is 2.69. The Bertz CT molecular complexity index is 689. The molecule has 27 heavy (non-hydrogen) atoms. The van der Waals surface area contributed by atoms with Gasteiger partial charge in [0.2, 0.25) is 0 Å². The molecule has 0 heterocycles. The summed E-state index contributed by atoms with van der Waals surface area (Å²) in [5, 5.41) is 6.80. The third-order valence-electron chi connectivity index (χ3n) is 4.17. The third-order valence-corrected chi connectivity index (χ3v) is 4.17. The van der Waals surface area contributed by atoms with E-state index in [0.29, 0.717) is 26.4 Å². The molecule has 5 heteroatoms. The monoisotopic (exact) mass is 369 g/mol. The van der Waals surface area contributed by atoms with Crippen molar-refractivity contribution in [2.45, 2.75) is 33.0 Å². The Hall–Kier alpha value is -2.37. The summed E-state index contributed by atoms with van der Waals surface area (Å²) >= 11 is 0. The van der Waals surface area contributed by atoms with Crippen LogP contribution in [0.2, 0.25) is 0 Å². The van der Waals surface area contributed by atoms with Gasteiger partial charge in [-0.2, -0.15) is 0 Å². The summed E-state index contributed by atoms with van der Waals surface area (Å²) in [7, 11) is 1.79.